The minimum absolute atomic E-state index is 0.293. The maximum Gasteiger partial charge on any atom is 0.171 e. The van der Waals surface area contributed by atoms with Crippen molar-refractivity contribution in [2.24, 2.45) is 0 Å². The zero-order valence-electron chi connectivity index (χ0n) is 15.9. The Morgan fingerprint density at radius 3 is 1.87 bits per heavy atom. The van der Waals surface area contributed by atoms with Gasteiger partial charge in [0.15, 0.2) is 5.65 Å². The summed E-state index contributed by atoms with van der Waals surface area (Å²) in [6, 6.07) is 21.4. The number of halogens is 4. The van der Waals surface area contributed by atoms with Crippen molar-refractivity contribution in [2.75, 3.05) is 0 Å². The van der Waals surface area contributed by atoms with Crippen LogP contribution in [0.4, 0.5) is 4.39 Å². The molecule has 0 aliphatic carbocycles. The molecule has 0 atom stereocenters. The fraction of sp³-hybridized carbons (Fsp3) is 0. The van der Waals surface area contributed by atoms with Gasteiger partial charge >= 0.3 is 0 Å². The van der Waals surface area contributed by atoms with Crippen molar-refractivity contribution in [3.8, 4) is 33.8 Å². The summed E-state index contributed by atoms with van der Waals surface area (Å²) < 4.78 is 16.0. The van der Waals surface area contributed by atoms with Gasteiger partial charge < -0.3 is 0 Å². The largest absolute Gasteiger partial charge is 0.295 e. The highest BCUT2D eigenvalue weighted by molar-refractivity contribution is 9.10. The lowest BCUT2D eigenvalue weighted by atomic mass is 10.0. The summed E-state index contributed by atoms with van der Waals surface area (Å²) in [6.07, 6.45) is 1.91. The number of rotatable bonds is 3. The van der Waals surface area contributed by atoms with Crippen LogP contribution >= 0.6 is 39.1 Å². The molecule has 0 bridgehead atoms. The molecule has 0 radical (unpaired) electrons. The van der Waals surface area contributed by atoms with Gasteiger partial charge in [-0.1, -0.05) is 47.5 Å². The molecular weight excluding hydrogens is 500 g/mol. The van der Waals surface area contributed by atoms with E-state index in [0.717, 1.165) is 28.1 Å². The van der Waals surface area contributed by atoms with Crippen molar-refractivity contribution < 1.29 is 4.39 Å². The SMILES string of the molecule is Fc1ccc(-c2cn3c(-c4ccc(Cl)cc4)c(-c4ccc(Cl)cc4)nc3c(Br)n2)cc1. The van der Waals surface area contributed by atoms with Gasteiger partial charge in [0, 0.05) is 32.9 Å². The second kappa shape index (κ2) is 8.08. The van der Waals surface area contributed by atoms with Crippen LogP contribution in [0.5, 0.6) is 0 Å². The zero-order valence-corrected chi connectivity index (χ0v) is 19.0. The molecule has 152 valence electrons. The quantitative estimate of drug-likeness (QED) is 0.245. The van der Waals surface area contributed by atoms with E-state index in [9.17, 15) is 4.39 Å². The van der Waals surface area contributed by atoms with E-state index in [1.54, 1.807) is 12.1 Å². The smallest absolute Gasteiger partial charge is 0.171 e. The molecule has 0 saturated heterocycles. The normalized spacial score (nSPS) is 11.2. The van der Waals surface area contributed by atoms with Crippen LogP contribution in [0.2, 0.25) is 10.0 Å². The number of benzene rings is 3. The van der Waals surface area contributed by atoms with Crippen molar-refractivity contribution in [2.45, 2.75) is 0 Å². The van der Waals surface area contributed by atoms with E-state index in [2.05, 4.69) is 20.9 Å². The number of fused-ring (bicyclic) bond motifs is 1. The zero-order chi connectivity index (χ0) is 21.5. The number of nitrogens with zero attached hydrogens (tertiary/aromatic N) is 3. The van der Waals surface area contributed by atoms with Crippen molar-refractivity contribution in [3.63, 3.8) is 0 Å². The molecule has 0 spiro atoms. The lowest BCUT2D eigenvalue weighted by Gasteiger charge is -2.09. The summed E-state index contributed by atoms with van der Waals surface area (Å²) in [7, 11) is 0. The lowest BCUT2D eigenvalue weighted by molar-refractivity contribution is 0.628. The first-order chi connectivity index (χ1) is 15.0. The standard InChI is InChI=1S/C24H13BrCl2FN3/c25-23-24-30-21(15-1-7-17(26)8-2-15)22(16-3-9-18(27)10-4-16)31(24)13-20(29-23)14-5-11-19(28)12-6-14/h1-13H. The molecule has 2 heterocycles. The van der Waals surface area contributed by atoms with E-state index in [1.165, 1.54) is 12.1 Å². The molecule has 0 unspecified atom stereocenters. The second-order valence-electron chi connectivity index (χ2n) is 6.94. The maximum atomic E-state index is 13.4. The Kier molecular flexibility index (Phi) is 5.26. The van der Waals surface area contributed by atoms with E-state index in [4.69, 9.17) is 28.2 Å². The fourth-order valence-electron chi connectivity index (χ4n) is 3.46. The Bertz CT molecular complexity index is 1400. The summed E-state index contributed by atoms with van der Waals surface area (Å²) >= 11 is 15.8. The van der Waals surface area contributed by atoms with Crippen LogP contribution in [0.25, 0.3) is 39.4 Å². The van der Waals surface area contributed by atoms with Crippen LogP contribution in [0, 0.1) is 5.82 Å². The number of hydrogen-bond donors (Lipinski definition) is 0. The number of aromatic nitrogens is 3. The average Bonchev–Trinajstić information content (AvgIpc) is 3.15. The highest BCUT2D eigenvalue weighted by atomic mass is 79.9. The molecule has 3 aromatic carbocycles. The number of hydrogen-bond acceptors (Lipinski definition) is 2. The summed E-state index contributed by atoms with van der Waals surface area (Å²) in [5.41, 5.74) is 5.71. The third kappa shape index (κ3) is 3.85. The third-order valence-electron chi connectivity index (χ3n) is 4.94. The highest BCUT2D eigenvalue weighted by Crippen LogP contribution is 2.36. The molecule has 0 aliphatic heterocycles. The van der Waals surface area contributed by atoms with E-state index < -0.39 is 0 Å². The molecular formula is C24H13BrCl2FN3. The van der Waals surface area contributed by atoms with Gasteiger partial charge in [-0.3, -0.25) is 4.40 Å². The molecule has 0 N–H and O–H groups in total. The molecule has 2 aromatic heterocycles. The van der Waals surface area contributed by atoms with E-state index >= 15 is 0 Å². The van der Waals surface area contributed by atoms with E-state index in [1.807, 2.05) is 59.1 Å². The lowest BCUT2D eigenvalue weighted by Crippen LogP contribution is -1.95. The van der Waals surface area contributed by atoms with Crippen LogP contribution in [-0.4, -0.2) is 14.4 Å². The maximum absolute atomic E-state index is 13.4. The molecule has 5 aromatic rings. The Labute approximate surface area is 196 Å². The predicted octanol–water partition coefficient (Wildman–Crippen LogP) is 7.94. The molecule has 0 saturated carbocycles. The fourth-order valence-corrected chi connectivity index (χ4v) is 4.19. The minimum atomic E-state index is -0.293. The van der Waals surface area contributed by atoms with Gasteiger partial charge in [0.05, 0.1) is 17.1 Å². The van der Waals surface area contributed by atoms with Crippen LogP contribution in [0.3, 0.4) is 0 Å². The summed E-state index contributed by atoms with van der Waals surface area (Å²) in [5.74, 6) is -0.293. The van der Waals surface area contributed by atoms with Crippen molar-refractivity contribution in [1.82, 2.24) is 14.4 Å². The molecule has 31 heavy (non-hydrogen) atoms. The Hall–Kier alpha value is -2.73. The van der Waals surface area contributed by atoms with Gasteiger partial charge in [-0.25, -0.2) is 14.4 Å². The van der Waals surface area contributed by atoms with Crippen molar-refractivity contribution >= 4 is 44.8 Å². The summed E-state index contributed by atoms with van der Waals surface area (Å²) in [6.45, 7) is 0. The van der Waals surface area contributed by atoms with Gasteiger partial charge in [0.1, 0.15) is 10.4 Å². The Balaban J connectivity index is 1.81. The Morgan fingerprint density at radius 1 is 0.710 bits per heavy atom. The van der Waals surface area contributed by atoms with Crippen LogP contribution in [0.1, 0.15) is 0 Å². The predicted molar refractivity (Wildman–Crippen MR) is 127 cm³/mol. The summed E-state index contributed by atoms with van der Waals surface area (Å²) in [4.78, 5) is 9.52. The molecule has 7 heteroatoms. The average molecular weight is 513 g/mol. The van der Waals surface area contributed by atoms with E-state index in [-0.39, 0.29) is 5.82 Å². The topological polar surface area (TPSA) is 30.2 Å². The van der Waals surface area contributed by atoms with Crippen LogP contribution in [-0.2, 0) is 0 Å². The van der Waals surface area contributed by atoms with Gasteiger partial charge in [-0.05, 0) is 64.5 Å². The van der Waals surface area contributed by atoms with Crippen molar-refractivity contribution in [1.29, 1.82) is 0 Å². The Morgan fingerprint density at radius 2 is 1.26 bits per heavy atom. The molecule has 0 fully saturated rings. The summed E-state index contributed by atoms with van der Waals surface area (Å²) in [5, 5.41) is 1.31. The van der Waals surface area contributed by atoms with E-state index in [0.29, 0.717) is 26.0 Å². The first kappa shape index (κ1) is 20.2. The molecule has 3 nitrogen and oxygen atoms in total. The molecule has 5 rings (SSSR count). The molecule has 0 amide bonds. The van der Waals surface area contributed by atoms with Gasteiger partial charge in [0.2, 0.25) is 0 Å². The van der Waals surface area contributed by atoms with Crippen molar-refractivity contribution in [3.05, 3.63) is 99.5 Å². The first-order valence-electron chi connectivity index (χ1n) is 9.36. The second-order valence-corrected chi connectivity index (χ2v) is 8.56. The van der Waals surface area contributed by atoms with Gasteiger partial charge in [0.25, 0.3) is 0 Å². The minimum Gasteiger partial charge on any atom is -0.295 e. The first-order valence-corrected chi connectivity index (χ1v) is 10.9. The van der Waals surface area contributed by atoms with Crippen LogP contribution < -0.4 is 0 Å². The van der Waals surface area contributed by atoms with Gasteiger partial charge in [-0.2, -0.15) is 0 Å². The monoisotopic (exact) mass is 511 g/mol. The third-order valence-corrected chi connectivity index (χ3v) is 5.98. The molecule has 0 aliphatic rings. The van der Waals surface area contributed by atoms with Gasteiger partial charge in [-0.15, -0.1) is 0 Å². The number of imidazole rings is 1. The highest BCUT2D eigenvalue weighted by Gasteiger charge is 2.19. The van der Waals surface area contributed by atoms with Crippen LogP contribution in [0.15, 0.2) is 83.6 Å².